The van der Waals surface area contributed by atoms with Gasteiger partial charge in [-0.3, -0.25) is 14.5 Å². The van der Waals surface area contributed by atoms with Gasteiger partial charge in [0.05, 0.1) is 24.3 Å². The van der Waals surface area contributed by atoms with E-state index in [1.165, 1.54) is 0 Å². The van der Waals surface area contributed by atoms with Gasteiger partial charge in [-0.1, -0.05) is 30.3 Å². The molecule has 172 valence electrons. The monoisotopic (exact) mass is 459 g/mol. The van der Waals surface area contributed by atoms with Crippen LogP contribution in [0.15, 0.2) is 53.1 Å². The summed E-state index contributed by atoms with van der Waals surface area (Å²) < 4.78 is 29.0. The lowest BCUT2D eigenvalue weighted by Crippen LogP contribution is -2.51. The number of carbonyl (C=O) groups excluding carboxylic acids is 2. The van der Waals surface area contributed by atoms with Crippen molar-refractivity contribution in [2.45, 2.75) is 25.4 Å². The highest BCUT2D eigenvalue weighted by Gasteiger charge is 2.36. The van der Waals surface area contributed by atoms with Crippen molar-refractivity contribution in [1.82, 2.24) is 15.1 Å². The van der Waals surface area contributed by atoms with E-state index in [0.29, 0.717) is 51.3 Å². The van der Waals surface area contributed by atoms with Gasteiger partial charge in [0.25, 0.3) is 0 Å². The van der Waals surface area contributed by atoms with Crippen LogP contribution in [-0.4, -0.2) is 67.7 Å². The Labute approximate surface area is 188 Å². The molecule has 1 N–H and O–H groups in total. The molecule has 1 unspecified atom stereocenters. The van der Waals surface area contributed by atoms with Crippen LogP contribution in [0.2, 0.25) is 0 Å². The number of furan rings is 1. The molecule has 4 rings (SSSR count). The van der Waals surface area contributed by atoms with Crippen LogP contribution in [0.1, 0.15) is 30.2 Å². The summed E-state index contributed by atoms with van der Waals surface area (Å²) in [6.45, 7) is 2.07. The van der Waals surface area contributed by atoms with Gasteiger partial charge < -0.3 is 14.6 Å². The lowest BCUT2D eigenvalue weighted by atomic mass is 9.94. The third kappa shape index (κ3) is 5.39. The third-order valence-corrected chi connectivity index (χ3v) is 7.90. The Kier molecular flexibility index (Phi) is 6.95. The van der Waals surface area contributed by atoms with Crippen molar-refractivity contribution >= 4 is 21.7 Å². The first-order valence-electron chi connectivity index (χ1n) is 11.0. The van der Waals surface area contributed by atoms with Gasteiger partial charge in [0.2, 0.25) is 11.8 Å². The van der Waals surface area contributed by atoms with Crippen molar-refractivity contribution in [2.75, 3.05) is 37.7 Å². The zero-order valence-electron chi connectivity index (χ0n) is 18.0. The summed E-state index contributed by atoms with van der Waals surface area (Å²) in [6, 6.07) is 12.6. The van der Waals surface area contributed by atoms with E-state index in [4.69, 9.17) is 4.42 Å². The van der Waals surface area contributed by atoms with E-state index in [1.807, 2.05) is 46.2 Å². The van der Waals surface area contributed by atoms with Crippen LogP contribution in [0.3, 0.4) is 0 Å². The van der Waals surface area contributed by atoms with Crippen molar-refractivity contribution in [3.8, 4) is 0 Å². The minimum absolute atomic E-state index is 0.0191. The van der Waals surface area contributed by atoms with Gasteiger partial charge in [-0.05, 0) is 30.5 Å². The minimum atomic E-state index is -3.04. The number of carbonyl (C=O) groups is 2. The molecular formula is C23H29N3O5S. The number of likely N-dealkylation sites (tertiary alicyclic amines) is 1. The van der Waals surface area contributed by atoms with Gasteiger partial charge in [0.1, 0.15) is 11.8 Å². The molecule has 0 aliphatic carbocycles. The number of sulfone groups is 1. The van der Waals surface area contributed by atoms with Crippen molar-refractivity contribution in [2.24, 2.45) is 5.92 Å². The zero-order valence-corrected chi connectivity index (χ0v) is 18.8. The predicted octanol–water partition coefficient (Wildman–Crippen LogP) is 1.61. The molecule has 0 spiro atoms. The molecule has 1 aromatic heterocycles. The summed E-state index contributed by atoms with van der Waals surface area (Å²) >= 11 is 0. The number of rotatable bonds is 6. The van der Waals surface area contributed by atoms with E-state index < -0.39 is 15.9 Å². The van der Waals surface area contributed by atoms with Gasteiger partial charge in [-0.25, -0.2) is 8.42 Å². The second kappa shape index (κ2) is 9.87. The van der Waals surface area contributed by atoms with Crippen LogP contribution in [0.4, 0.5) is 0 Å². The highest BCUT2D eigenvalue weighted by atomic mass is 32.2. The average molecular weight is 460 g/mol. The highest BCUT2D eigenvalue weighted by Crippen LogP contribution is 2.28. The Balaban J connectivity index is 1.38. The number of nitrogens with zero attached hydrogens (tertiary/aromatic N) is 2. The molecule has 8 nitrogen and oxygen atoms in total. The molecule has 0 saturated carbocycles. The topological polar surface area (TPSA) is 99.9 Å². The lowest BCUT2D eigenvalue weighted by molar-refractivity contribution is -0.140. The molecule has 2 amide bonds. The number of benzene rings is 1. The normalized spacial score (nSPS) is 20.6. The molecule has 0 bridgehead atoms. The fourth-order valence-corrected chi connectivity index (χ4v) is 5.63. The van der Waals surface area contributed by atoms with E-state index >= 15 is 0 Å². The van der Waals surface area contributed by atoms with Crippen LogP contribution in [-0.2, 0) is 26.0 Å². The van der Waals surface area contributed by atoms with Crippen molar-refractivity contribution in [3.63, 3.8) is 0 Å². The van der Waals surface area contributed by atoms with E-state index in [2.05, 4.69) is 5.32 Å². The molecule has 3 heterocycles. The molecule has 2 aromatic rings. The number of hydrogen-bond donors (Lipinski definition) is 1. The highest BCUT2D eigenvalue weighted by molar-refractivity contribution is 7.91. The number of piperidine rings is 1. The average Bonchev–Trinajstić information content (AvgIpc) is 3.33. The quantitative estimate of drug-likeness (QED) is 0.705. The smallest absolute Gasteiger partial charge is 0.244 e. The van der Waals surface area contributed by atoms with Crippen LogP contribution >= 0.6 is 0 Å². The summed E-state index contributed by atoms with van der Waals surface area (Å²) in [6.07, 6.45) is 2.78. The lowest BCUT2D eigenvalue weighted by Gasteiger charge is -2.39. The Morgan fingerprint density at radius 3 is 2.31 bits per heavy atom. The fourth-order valence-electron chi connectivity index (χ4n) is 4.40. The summed E-state index contributed by atoms with van der Waals surface area (Å²) in [5.41, 5.74) is 0.870. The molecular weight excluding hydrogens is 430 g/mol. The summed E-state index contributed by atoms with van der Waals surface area (Å²) in [4.78, 5) is 29.8. The van der Waals surface area contributed by atoms with Gasteiger partial charge in [0.15, 0.2) is 9.84 Å². The van der Waals surface area contributed by atoms with Gasteiger partial charge >= 0.3 is 0 Å². The molecule has 32 heavy (non-hydrogen) atoms. The molecule has 2 saturated heterocycles. The zero-order chi connectivity index (χ0) is 22.6. The van der Waals surface area contributed by atoms with Crippen LogP contribution < -0.4 is 5.32 Å². The molecule has 0 radical (unpaired) electrons. The van der Waals surface area contributed by atoms with E-state index in [-0.39, 0.29) is 29.2 Å². The van der Waals surface area contributed by atoms with Gasteiger partial charge in [0, 0.05) is 32.1 Å². The minimum Gasteiger partial charge on any atom is -0.467 e. The fraction of sp³-hybridized carbons (Fsp3) is 0.478. The predicted molar refractivity (Wildman–Crippen MR) is 119 cm³/mol. The maximum absolute atomic E-state index is 13.5. The van der Waals surface area contributed by atoms with E-state index in [1.54, 1.807) is 12.3 Å². The second-order valence-corrected chi connectivity index (χ2v) is 10.7. The number of amides is 2. The van der Waals surface area contributed by atoms with Crippen LogP contribution in [0.5, 0.6) is 0 Å². The van der Waals surface area contributed by atoms with E-state index in [9.17, 15) is 18.0 Å². The van der Waals surface area contributed by atoms with Crippen molar-refractivity contribution in [3.05, 3.63) is 60.1 Å². The number of hydrogen-bond acceptors (Lipinski definition) is 6. The van der Waals surface area contributed by atoms with Gasteiger partial charge in [-0.2, -0.15) is 0 Å². The number of nitrogens with one attached hydrogen (secondary N) is 1. The summed E-state index contributed by atoms with van der Waals surface area (Å²) in [7, 11) is -3.04. The first-order chi connectivity index (χ1) is 15.4. The third-order valence-electron chi connectivity index (χ3n) is 6.29. The van der Waals surface area contributed by atoms with Crippen LogP contribution in [0, 0.1) is 5.92 Å². The van der Waals surface area contributed by atoms with E-state index in [0.717, 1.165) is 5.56 Å². The molecule has 1 aromatic carbocycles. The Morgan fingerprint density at radius 1 is 1.00 bits per heavy atom. The Hall–Kier alpha value is -2.65. The molecule has 1 atom stereocenters. The Bertz CT molecular complexity index is 1000. The Morgan fingerprint density at radius 2 is 1.69 bits per heavy atom. The van der Waals surface area contributed by atoms with Crippen LogP contribution in [0.25, 0.3) is 0 Å². The second-order valence-electron chi connectivity index (χ2n) is 8.40. The van der Waals surface area contributed by atoms with Crippen molar-refractivity contribution < 1.29 is 22.4 Å². The summed E-state index contributed by atoms with van der Waals surface area (Å²) in [5.74, 6) is 0.673. The molecule has 2 aliphatic heterocycles. The first-order valence-corrected chi connectivity index (χ1v) is 12.8. The molecule has 2 aliphatic rings. The molecule has 9 heteroatoms. The maximum Gasteiger partial charge on any atom is 0.244 e. The maximum atomic E-state index is 13.5. The SMILES string of the molecule is O=C(NCc1ccco1)C1CCN(C(=O)C(c2ccccc2)N2CCS(=O)(=O)CC2)CC1. The molecule has 2 fully saturated rings. The van der Waals surface area contributed by atoms with Gasteiger partial charge in [-0.15, -0.1) is 0 Å². The summed E-state index contributed by atoms with van der Waals surface area (Å²) in [5, 5.41) is 2.91. The largest absolute Gasteiger partial charge is 0.467 e. The standard InChI is InChI=1S/C23H29N3O5S/c27-22(24-17-20-7-4-14-31-20)19-8-10-26(11-9-19)23(28)21(18-5-2-1-3-6-18)25-12-15-32(29,30)16-13-25/h1-7,14,19,21H,8-13,15-17H2,(H,24,27). The first kappa shape index (κ1) is 22.5. The van der Waals surface area contributed by atoms with Crippen molar-refractivity contribution in [1.29, 1.82) is 0 Å².